The fourth-order valence-electron chi connectivity index (χ4n) is 3.88. The summed E-state index contributed by atoms with van der Waals surface area (Å²) in [6.45, 7) is 1.59. The lowest BCUT2D eigenvalue weighted by atomic mass is 9.64. The summed E-state index contributed by atoms with van der Waals surface area (Å²) in [6.07, 6.45) is 4.83. The number of rotatable bonds is 3. The maximum atomic E-state index is 12.2. The van der Waals surface area contributed by atoms with Crippen LogP contribution in [-0.4, -0.2) is 46.5 Å². The highest BCUT2D eigenvalue weighted by Gasteiger charge is 2.43. The quantitative estimate of drug-likeness (QED) is 0.892. The van der Waals surface area contributed by atoms with E-state index in [0.29, 0.717) is 32.5 Å². The summed E-state index contributed by atoms with van der Waals surface area (Å²) in [5.41, 5.74) is 0.323. The number of aliphatic hydroxyl groups excluding tert-OH is 1. The Kier molecular flexibility index (Phi) is 5.11. The fourth-order valence-corrected chi connectivity index (χ4v) is 3.88. The number of hydrogen-bond acceptors (Lipinski definition) is 4. The van der Waals surface area contributed by atoms with Crippen LogP contribution in [0, 0.1) is 5.41 Å². The molecule has 3 rings (SSSR count). The van der Waals surface area contributed by atoms with Gasteiger partial charge in [-0.3, -0.25) is 0 Å². The third kappa shape index (κ3) is 3.90. The first kappa shape index (κ1) is 17.2. The number of benzene rings is 1. The van der Waals surface area contributed by atoms with Crippen LogP contribution in [0.15, 0.2) is 30.3 Å². The van der Waals surface area contributed by atoms with E-state index < -0.39 is 5.60 Å². The van der Waals surface area contributed by atoms with Crippen molar-refractivity contribution in [3.63, 3.8) is 0 Å². The van der Waals surface area contributed by atoms with Gasteiger partial charge in [0.05, 0.1) is 12.2 Å². The molecule has 0 unspecified atom stereocenters. The van der Waals surface area contributed by atoms with Crippen LogP contribution >= 0.6 is 0 Å². The maximum Gasteiger partial charge on any atom is 0.410 e. The average molecular weight is 333 g/mol. The van der Waals surface area contributed by atoms with Gasteiger partial charge in [-0.1, -0.05) is 30.3 Å². The Hall–Kier alpha value is -1.59. The van der Waals surface area contributed by atoms with E-state index >= 15 is 0 Å². The molecule has 1 saturated carbocycles. The number of carbonyl (C=O) groups is 1. The zero-order valence-corrected chi connectivity index (χ0v) is 14.1. The van der Waals surface area contributed by atoms with E-state index in [1.807, 2.05) is 30.3 Å². The number of piperidine rings is 1. The van der Waals surface area contributed by atoms with Crippen LogP contribution in [0.2, 0.25) is 0 Å². The normalized spacial score (nSPS) is 22.3. The second-order valence-corrected chi connectivity index (χ2v) is 7.41. The summed E-state index contributed by atoms with van der Waals surface area (Å²) in [4.78, 5) is 14.0. The molecule has 0 atom stereocenters. The Balaban J connectivity index is 1.46. The molecular weight excluding hydrogens is 306 g/mol. The molecule has 5 heteroatoms. The molecule has 1 aliphatic carbocycles. The highest BCUT2D eigenvalue weighted by molar-refractivity contribution is 5.67. The SMILES string of the molecule is O=C(OCc1ccccc1)N1CCC2(CC1)CCC(O)(CO)CC2. The van der Waals surface area contributed by atoms with Crippen LogP contribution in [-0.2, 0) is 11.3 Å². The lowest BCUT2D eigenvalue weighted by molar-refractivity contribution is -0.0799. The molecule has 1 spiro atoms. The van der Waals surface area contributed by atoms with Crippen molar-refractivity contribution in [3.05, 3.63) is 35.9 Å². The van der Waals surface area contributed by atoms with Crippen LogP contribution in [0.1, 0.15) is 44.1 Å². The second kappa shape index (κ2) is 7.11. The summed E-state index contributed by atoms with van der Waals surface area (Å²) in [5, 5.41) is 19.5. The van der Waals surface area contributed by atoms with Crippen molar-refractivity contribution >= 4 is 6.09 Å². The molecule has 0 aromatic heterocycles. The number of likely N-dealkylation sites (tertiary alicyclic amines) is 1. The first-order chi connectivity index (χ1) is 11.5. The van der Waals surface area contributed by atoms with Crippen molar-refractivity contribution in [2.45, 2.75) is 50.7 Å². The number of ether oxygens (including phenoxy) is 1. The number of carbonyl (C=O) groups excluding carboxylic acids is 1. The number of aliphatic hydroxyl groups is 2. The molecule has 2 aliphatic rings. The molecule has 1 aromatic carbocycles. The molecule has 132 valence electrons. The van der Waals surface area contributed by atoms with E-state index in [0.717, 1.165) is 31.2 Å². The first-order valence-electron chi connectivity index (χ1n) is 8.83. The van der Waals surface area contributed by atoms with Gasteiger partial charge in [0.2, 0.25) is 0 Å². The Morgan fingerprint density at radius 2 is 1.67 bits per heavy atom. The molecule has 1 aromatic rings. The maximum absolute atomic E-state index is 12.2. The van der Waals surface area contributed by atoms with Crippen LogP contribution in [0.25, 0.3) is 0 Å². The first-order valence-corrected chi connectivity index (χ1v) is 8.83. The minimum absolute atomic E-state index is 0.152. The minimum atomic E-state index is -0.892. The van der Waals surface area contributed by atoms with Gasteiger partial charge in [-0.2, -0.15) is 0 Å². The molecule has 1 heterocycles. The lowest BCUT2D eigenvalue weighted by Gasteiger charge is -2.47. The molecular formula is C19H27NO4. The van der Waals surface area contributed by atoms with Crippen LogP contribution < -0.4 is 0 Å². The zero-order chi connectivity index (χ0) is 17.0. The summed E-state index contributed by atoms with van der Waals surface area (Å²) < 4.78 is 5.41. The van der Waals surface area contributed by atoms with E-state index in [1.165, 1.54) is 0 Å². The molecule has 2 fully saturated rings. The van der Waals surface area contributed by atoms with Crippen molar-refractivity contribution < 1.29 is 19.7 Å². The summed E-state index contributed by atoms with van der Waals surface area (Å²) in [7, 11) is 0. The third-order valence-electron chi connectivity index (χ3n) is 5.82. The monoisotopic (exact) mass is 333 g/mol. The molecule has 24 heavy (non-hydrogen) atoms. The highest BCUT2D eigenvalue weighted by atomic mass is 16.6. The van der Waals surface area contributed by atoms with Crippen molar-refractivity contribution in [2.75, 3.05) is 19.7 Å². The van der Waals surface area contributed by atoms with E-state index in [4.69, 9.17) is 4.74 Å². The molecule has 5 nitrogen and oxygen atoms in total. The van der Waals surface area contributed by atoms with Crippen LogP contribution in [0.5, 0.6) is 0 Å². The summed E-state index contributed by atoms with van der Waals surface area (Å²) in [5.74, 6) is 0. The summed E-state index contributed by atoms with van der Waals surface area (Å²) in [6, 6.07) is 9.71. The van der Waals surface area contributed by atoms with Crippen molar-refractivity contribution in [3.8, 4) is 0 Å². The number of nitrogens with zero attached hydrogens (tertiary/aromatic N) is 1. The van der Waals surface area contributed by atoms with E-state index in [1.54, 1.807) is 4.90 Å². The molecule has 0 bridgehead atoms. The Labute approximate surface area is 143 Å². The van der Waals surface area contributed by atoms with E-state index in [2.05, 4.69) is 0 Å². The van der Waals surface area contributed by atoms with Crippen molar-refractivity contribution in [1.29, 1.82) is 0 Å². The van der Waals surface area contributed by atoms with Gasteiger partial charge in [0.25, 0.3) is 0 Å². The lowest BCUT2D eigenvalue weighted by Crippen LogP contribution is -2.48. The van der Waals surface area contributed by atoms with Gasteiger partial charge in [0.15, 0.2) is 0 Å². The van der Waals surface area contributed by atoms with Gasteiger partial charge in [0.1, 0.15) is 6.61 Å². The molecule has 0 radical (unpaired) electrons. The Bertz CT molecular complexity index is 542. The Morgan fingerprint density at radius 1 is 1.04 bits per heavy atom. The van der Waals surface area contributed by atoms with Gasteiger partial charge in [-0.25, -0.2) is 4.79 Å². The fraction of sp³-hybridized carbons (Fsp3) is 0.632. The van der Waals surface area contributed by atoms with Gasteiger partial charge < -0.3 is 19.8 Å². The van der Waals surface area contributed by atoms with E-state index in [-0.39, 0.29) is 18.1 Å². The standard InChI is InChI=1S/C19H27NO4/c21-15-19(23)8-6-18(7-9-19)10-12-20(13-11-18)17(22)24-14-16-4-2-1-3-5-16/h1-5,21,23H,6-15H2. The average Bonchev–Trinajstić information content (AvgIpc) is 2.64. The minimum Gasteiger partial charge on any atom is -0.445 e. The topological polar surface area (TPSA) is 70.0 Å². The predicted octanol–water partition coefficient (Wildman–Crippen LogP) is 2.70. The summed E-state index contributed by atoms with van der Waals surface area (Å²) >= 11 is 0. The van der Waals surface area contributed by atoms with Crippen molar-refractivity contribution in [2.24, 2.45) is 5.41 Å². The molecule has 1 saturated heterocycles. The van der Waals surface area contributed by atoms with Gasteiger partial charge >= 0.3 is 6.09 Å². The Morgan fingerprint density at radius 3 is 2.25 bits per heavy atom. The predicted molar refractivity (Wildman–Crippen MR) is 90.4 cm³/mol. The molecule has 2 N–H and O–H groups in total. The molecule has 1 amide bonds. The second-order valence-electron chi connectivity index (χ2n) is 7.41. The number of hydrogen-bond donors (Lipinski definition) is 2. The third-order valence-corrected chi connectivity index (χ3v) is 5.82. The van der Waals surface area contributed by atoms with Gasteiger partial charge in [-0.05, 0) is 49.5 Å². The van der Waals surface area contributed by atoms with Gasteiger partial charge in [-0.15, -0.1) is 0 Å². The van der Waals surface area contributed by atoms with Crippen LogP contribution in [0.4, 0.5) is 4.79 Å². The van der Waals surface area contributed by atoms with Crippen molar-refractivity contribution in [1.82, 2.24) is 4.90 Å². The van der Waals surface area contributed by atoms with Gasteiger partial charge in [0, 0.05) is 13.1 Å². The van der Waals surface area contributed by atoms with Crippen LogP contribution in [0.3, 0.4) is 0 Å². The number of amides is 1. The van der Waals surface area contributed by atoms with E-state index in [9.17, 15) is 15.0 Å². The highest BCUT2D eigenvalue weighted by Crippen LogP contribution is 2.47. The molecule has 1 aliphatic heterocycles. The smallest absolute Gasteiger partial charge is 0.410 e. The largest absolute Gasteiger partial charge is 0.445 e. The zero-order valence-electron chi connectivity index (χ0n) is 14.1.